The molecule has 0 aliphatic heterocycles. The maximum Gasteiger partial charge on any atom is 0.336 e. The second-order valence-corrected chi connectivity index (χ2v) is 5.17. The largest absolute Gasteiger partial charge is 0.478 e. The molecule has 0 saturated heterocycles. The van der Waals surface area contributed by atoms with Crippen molar-refractivity contribution < 1.29 is 9.90 Å². The normalized spacial score (nSPS) is 10.4. The van der Waals surface area contributed by atoms with E-state index in [2.05, 4.69) is 28.1 Å². The summed E-state index contributed by atoms with van der Waals surface area (Å²) in [4.78, 5) is 11.1. The van der Waals surface area contributed by atoms with Gasteiger partial charge in [0, 0.05) is 4.47 Å². The zero-order valence-electron chi connectivity index (χ0n) is 10.2. The van der Waals surface area contributed by atoms with E-state index in [0.717, 1.165) is 22.3 Å². The van der Waals surface area contributed by atoms with E-state index < -0.39 is 5.97 Å². The van der Waals surface area contributed by atoms with Crippen LogP contribution in [0.2, 0.25) is 0 Å². The van der Waals surface area contributed by atoms with Crippen molar-refractivity contribution >= 4 is 21.9 Å². The lowest BCUT2D eigenvalue weighted by Crippen LogP contribution is -1.98. The Hall–Kier alpha value is -1.61. The van der Waals surface area contributed by atoms with Crippen LogP contribution in [0.3, 0.4) is 0 Å². The molecule has 0 aromatic heterocycles. The maximum absolute atomic E-state index is 11.1. The SMILES string of the molecule is Cc1ccc(C)c(-c2ccc(Br)c(C(=O)O)c2)c1. The second-order valence-electron chi connectivity index (χ2n) is 4.32. The van der Waals surface area contributed by atoms with Gasteiger partial charge >= 0.3 is 5.97 Å². The highest BCUT2D eigenvalue weighted by Gasteiger charge is 2.11. The predicted octanol–water partition coefficient (Wildman–Crippen LogP) is 4.43. The average molecular weight is 305 g/mol. The number of aromatic carboxylic acids is 1. The number of carboxylic acid groups (broad SMARTS) is 1. The van der Waals surface area contributed by atoms with Gasteiger partial charge in [-0.15, -0.1) is 0 Å². The van der Waals surface area contributed by atoms with Gasteiger partial charge in [-0.05, 0) is 58.6 Å². The van der Waals surface area contributed by atoms with Crippen LogP contribution in [0.5, 0.6) is 0 Å². The Bertz CT molecular complexity index is 618. The average Bonchev–Trinajstić information content (AvgIpc) is 2.33. The number of aryl methyl sites for hydroxylation is 2. The predicted molar refractivity (Wildman–Crippen MR) is 76.0 cm³/mol. The van der Waals surface area contributed by atoms with Crippen LogP contribution in [0.4, 0.5) is 0 Å². The summed E-state index contributed by atoms with van der Waals surface area (Å²) in [6.45, 7) is 4.05. The van der Waals surface area contributed by atoms with Gasteiger partial charge in [0.1, 0.15) is 0 Å². The van der Waals surface area contributed by atoms with E-state index in [1.54, 1.807) is 12.1 Å². The van der Waals surface area contributed by atoms with Crippen molar-refractivity contribution in [3.8, 4) is 11.1 Å². The van der Waals surface area contributed by atoms with Crippen LogP contribution in [-0.4, -0.2) is 11.1 Å². The molecule has 92 valence electrons. The summed E-state index contributed by atoms with van der Waals surface area (Å²) in [5.41, 5.74) is 4.59. The van der Waals surface area contributed by atoms with Crippen LogP contribution < -0.4 is 0 Å². The zero-order chi connectivity index (χ0) is 13.3. The fraction of sp³-hybridized carbons (Fsp3) is 0.133. The molecule has 2 aromatic rings. The maximum atomic E-state index is 11.1. The summed E-state index contributed by atoms with van der Waals surface area (Å²) in [6, 6.07) is 11.6. The van der Waals surface area contributed by atoms with Crippen LogP contribution in [0.15, 0.2) is 40.9 Å². The molecule has 0 unspecified atom stereocenters. The number of carboxylic acids is 1. The summed E-state index contributed by atoms with van der Waals surface area (Å²) in [6.07, 6.45) is 0. The highest BCUT2D eigenvalue weighted by atomic mass is 79.9. The van der Waals surface area contributed by atoms with Gasteiger partial charge in [-0.25, -0.2) is 4.79 Å². The lowest BCUT2D eigenvalue weighted by atomic mass is 9.97. The topological polar surface area (TPSA) is 37.3 Å². The molecule has 0 saturated carbocycles. The standard InChI is InChI=1S/C15H13BrO2/c1-9-3-4-10(2)12(7-9)11-5-6-14(16)13(8-11)15(17)18/h3-8H,1-2H3,(H,17,18). The van der Waals surface area contributed by atoms with E-state index in [0.29, 0.717) is 4.47 Å². The van der Waals surface area contributed by atoms with E-state index >= 15 is 0 Å². The summed E-state index contributed by atoms with van der Waals surface area (Å²) >= 11 is 3.26. The zero-order valence-corrected chi connectivity index (χ0v) is 11.8. The molecule has 2 nitrogen and oxygen atoms in total. The summed E-state index contributed by atoms with van der Waals surface area (Å²) in [5.74, 6) is -0.922. The van der Waals surface area contributed by atoms with E-state index in [-0.39, 0.29) is 5.56 Å². The van der Waals surface area contributed by atoms with Crippen molar-refractivity contribution in [1.29, 1.82) is 0 Å². The van der Waals surface area contributed by atoms with E-state index in [9.17, 15) is 4.79 Å². The molecule has 0 heterocycles. The van der Waals surface area contributed by atoms with Gasteiger partial charge in [0.05, 0.1) is 5.56 Å². The number of rotatable bonds is 2. The number of halogens is 1. The first-order valence-corrected chi connectivity index (χ1v) is 6.39. The third-order valence-corrected chi connectivity index (χ3v) is 3.59. The van der Waals surface area contributed by atoms with Gasteiger partial charge in [-0.3, -0.25) is 0 Å². The molecule has 0 atom stereocenters. The molecule has 2 rings (SSSR count). The van der Waals surface area contributed by atoms with Gasteiger partial charge in [0.25, 0.3) is 0 Å². The van der Waals surface area contributed by atoms with E-state index in [4.69, 9.17) is 5.11 Å². The van der Waals surface area contributed by atoms with Crippen molar-refractivity contribution in [2.45, 2.75) is 13.8 Å². The third kappa shape index (κ3) is 2.46. The Labute approximate surface area is 114 Å². The highest BCUT2D eigenvalue weighted by Crippen LogP contribution is 2.28. The molecule has 1 N–H and O–H groups in total. The lowest BCUT2D eigenvalue weighted by Gasteiger charge is -2.09. The Balaban J connectivity index is 2.61. The van der Waals surface area contributed by atoms with Crippen LogP contribution >= 0.6 is 15.9 Å². The number of hydrogen-bond acceptors (Lipinski definition) is 1. The van der Waals surface area contributed by atoms with Crippen molar-refractivity contribution in [3.63, 3.8) is 0 Å². The molecule has 3 heteroatoms. The molecule has 0 aliphatic rings. The molecule has 2 aromatic carbocycles. The third-order valence-electron chi connectivity index (χ3n) is 2.90. The van der Waals surface area contributed by atoms with Gasteiger partial charge in [-0.2, -0.15) is 0 Å². The van der Waals surface area contributed by atoms with Crippen molar-refractivity contribution in [2.75, 3.05) is 0 Å². The molecule has 0 aliphatic carbocycles. The fourth-order valence-corrected chi connectivity index (χ4v) is 2.32. The van der Waals surface area contributed by atoms with Crippen LogP contribution in [0.1, 0.15) is 21.5 Å². The van der Waals surface area contributed by atoms with Crippen molar-refractivity contribution in [2.24, 2.45) is 0 Å². The Morgan fingerprint density at radius 1 is 1.11 bits per heavy atom. The quantitative estimate of drug-likeness (QED) is 0.891. The number of hydrogen-bond donors (Lipinski definition) is 1. The minimum Gasteiger partial charge on any atom is -0.478 e. The van der Waals surface area contributed by atoms with Crippen LogP contribution in [0, 0.1) is 13.8 Å². The molecular weight excluding hydrogens is 292 g/mol. The monoisotopic (exact) mass is 304 g/mol. The van der Waals surface area contributed by atoms with Gasteiger partial charge in [-0.1, -0.05) is 29.8 Å². The molecule has 0 radical (unpaired) electrons. The van der Waals surface area contributed by atoms with Gasteiger partial charge in [0.2, 0.25) is 0 Å². The molecule has 18 heavy (non-hydrogen) atoms. The van der Waals surface area contributed by atoms with Crippen LogP contribution in [-0.2, 0) is 0 Å². The number of benzene rings is 2. The smallest absolute Gasteiger partial charge is 0.336 e. The summed E-state index contributed by atoms with van der Waals surface area (Å²) in [5, 5.41) is 9.13. The first kappa shape index (κ1) is 12.8. The summed E-state index contributed by atoms with van der Waals surface area (Å²) in [7, 11) is 0. The minimum atomic E-state index is -0.922. The Morgan fingerprint density at radius 3 is 2.50 bits per heavy atom. The first-order valence-electron chi connectivity index (χ1n) is 5.59. The van der Waals surface area contributed by atoms with Gasteiger partial charge < -0.3 is 5.11 Å². The summed E-state index contributed by atoms with van der Waals surface area (Å²) < 4.78 is 0.601. The number of carbonyl (C=O) groups is 1. The van der Waals surface area contributed by atoms with Crippen molar-refractivity contribution in [3.05, 3.63) is 57.6 Å². The lowest BCUT2D eigenvalue weighted by molar-refractivity contribution is 0.0696. The molecule has 0 spiro atoms. The van der Waals surface area contributed by atoms with Crippen LogP contribution in [0.25, 0.3) is 11.1 Å². The van der Waals surface area contributed by atoms with E-state index in [1.807, 2.05) is 26.0 Å². The molecule has 0 fully saturated rings. The molecule has 0 amide bonds. The van der Waals surface area contributed by atoms with E-state index in [1.165, 1.54) is 0 Å². The minimum absolute atomic E-state index is 0.286. The Kier molecular flexibility index (Phi) is 3.53. The fourth-order valence-electron chi connectivity index (χ4n) is 1.90. The molecule has 0 bridgehead atoms. The van der Waals surface area contributed by atoms with Gasteiger partial charge in [0.15, 0.2) is 0 Å². The second kappa shape index (κ2) is 4.94. The molecular formula is C15H13BrO2. The highest BCUT2D eigenvalue weighted by molar-refractivity contribution is 9.10. The Morgan fingerprint density at radius 2 is 1.83 bits per heavy atom. The first-order chi connectivity index (χ1) is 8.49. The van der Waals surface area contributed by atoms with Crippen molar-refractivity contribution in [1.82, 2.24) is 0 Å².